The van der Waals surface area contributed by atoms with Gasteiger partial charge in [-0.2, -0.15) is 5.10 Å². The lowest BCUT2D eigenvalue weighted by molar-refractivity contribution is 0.702. The van der Waals surface area contributed by atoms with Crippen molar-refractivity contribution in [3.8, 4) is 0 Å². The van der Waals surface area contributed by atoms with E-state index in [2.05, 4.69) is 40.6 Å². The fourth-order valence-electron chi connectivity index (χ4n) is 3.00. The lowest BCUT2D eigenvalue weighted by Crippen LogP contribution is -2.38. The molecule has 0 aliphatic heterocycles. The van der Waals surface area contributed by atoms with Crippen molar-refractivity contribution in [1.82, 2.24) is 20.4 Å². The fourth-order valence-corrected chi connectivity index (χ4v) is 3.23. The summed E-state index contributed by atoms with van der Waals surface area (Å²) in [6.07, 6.45) is 2.76. The largest absolute Gasteiger partial charge is 0.356 e. The second kappa shape index (κ2) is 11.4. The van der Waals surface area contributed by atoms with Gasteiger partial charge in [-0.25, -0.2) is 0 Å². The van der Waals surface area contributed by atoms with Crippen molar-refractivity contribution < 1.29 is 0 Å². The molecule has 0 radical (unpaired) electrons. The molecular weight excluding hydrogens is 461 g/mol. The van der Waals surface area contributed by atoms with Gasteiger partial charge in [-0.15, -0.1) is 24.0 Å². The predicted octanol–water partition coefficient (Wildman–Crippen LogP) is 3.72. The number of guanidine groups is 1. The van der Waals surface area contributed by atoms with E-state index < -0.39 is 0 Å². The van der Waals surface area contributed by atoms with Crippen molar-refractivity contribution >= 4 is 41.5 Å². The van der Waals surface area contributed by atoms with E-state index in [-0.39, 0.29) is 24.0 Å². The highest BCUT2D eigenvalue weighted by molar-refractivity contribution is 14.0. The standard InChI is InChI=1S/C19H28ClN5.HI/c1-5-17-15(18(6-2)25(4)24-17)13-23-19(21-3)22-12-11-14-9-7-8-10-16(14)20;/h7-10H,5-6,11-13H2,1-4H3,(H2,21,22,23);1H. The average Bonchev–Trinajstić information content (AvgIpc) is 2.94. The number of rotatable bonds is 7. The quantitative estimate of drug-likeness (QED) is 0.354. The van der Waals surface area contributed by atoms with Crippen LogP contribution in [0.4, 0.5) is 0 Å². The summed E-state index contributed by atoms with van der Waals surface area (Å²) in [5, 5.41) is 12.2. The number of aromatic nitrogens is 2. The van der Waals surface area contributed by atoms with Crippen molar-refractivity contribution in [2.45, 2.75) is 39.7 Å². The van der Waals surface area contributed by atoms with Gasteiger partial charge in [0.1, 0.15) is 0 Å². The minimum atomic E-state index is 0. The molecule has 2 rings (SSSR count). The summed E-state index contributed by atoms with van der Waals surface area (Å²) >= 11 is 6.20. The Morgan fingerprint density at radius 1 is 1.19 bits per heavy atom. The van der Waals surface area contributed by atoms with Crippen molar-refractivity contribution in [2.24, 2.45) is 12.0 Å². The molecule has 0 saturated carbocycles. The van der Waals surface area contributed by atoms with Crippen LogP contribution in [-0.4, -0.2) is 29.3 Å². The van der Waals surface area contributed by atoms with E-state index in [1.54, 1.807) is 7.05 Å². The molecule has 1 heterocycles. The van der Waals surface area contributed by atoms with Crippen molar-refractivity contribution in [2.75, 3.05) is 13.6 Å². The highest BCUT2D eigenvalue weighted by Gasteiger charge is 2.13. The van der Waals surface area contributed by atoms with Gasteiger partial charge in [-0.1, -0.05) is 43.6 Å². The first-order valence-electron chi connectivity index (χ1n) is 8.82. The highest BCUT2D eigenvalue weighted by atomic mass is 127. The monoisotopic (exact) mass is 489 g/mol. The van der Waals surface area contributed by atoms with E-state index in [0.29, 0.717) is 0 Å². The average molecular weight is 490 g/mol. The number of nitrogens with one attached hydrogen (secondary N) is 2. The number of benzene rings is 1. The molecule has 26 heavy (non-hydrogen) atoms. The van der Waals surface area contributed by atoms with Crippen LogP contribution < -0.4 is 10.6 Å². The van der Waals surface area contributed by atoms with Gasteiger partial charge in [-0.3, -0.25) is 9.67 Å². The second-order valence-electron chi connectivity index (χ2n) is 5.90. The molecule has 0 aliphatic carbocycles. The maximum Gasteiger partial charge on any atom is 0.191 e. The van der Waals surface area contributed by atoms with E-state index in [1.165, 1.54) is 11.3 Å². The predicted molar refractivity (Wildman–Crippen MR) is 121 cm³/mol. The van der Waals surface area contributed by atoms with Crippen molar-refractivity contribution in [3.63, 3.8) is 0 Å². The maximum atomic E-state index is 6.20. The number of halogens is 2. The molecule has 144 valence electrons. The van der Waals surface area contributed by atoms with E-state index in [9.17, 15) is 0 Å². The van der Waals surface area contributed by atoms with Gasteiger partial charge < -0.3 is 10.6 Å². The SMILES string of the molecule is CCc1nn(C)c(CC)c1CNC(=NC)NCCc1ccccc1Cl.I. The Bertz CT molecular complexity index is 727. The molecule has 0 fully saturated rings. The topological polar surface area (TPSA) is 54.2 Å². The van der Waals surface area contributed by atoms with Gasteiger partial charge in [0.15, 0.2) is 5.96 Å². The summed E-state index contributed by atoms with van der Waals surface area (Å²) in [4.78, 5) is 4.31. The lowest BCUT2D eigenvalue weighted by Gasteiger charge is -2.13. The van der Waals surface area contributed by atoms with Crippen LogP contribution >= 0.6 is 35.6 Å². The molecule has 1 aromatic heterocycles. The Balaban J connectivity index is 0.00000338. The van der Waals surface area contributed by atoms with Crippen LogP contribution in [0.15, 0.2) is 29.3 Å². The fraction of sp³-hybridized carbons (Fsp3) is 0.474. The van der Waals surface area contributed by atoms with Gasteiger partial charge >= 0.3 is 0 Å². The number of hydrogen-bond donors (Lipinski definition) is 2. The van der Waals surface area contributed by atoms with Gasteiger partial charge in [0.05, 0.1) is 5.69 Å². The van der Waals surface area contributed by atoms with Gasteiger partial charge in [0.25, 0.3) is 0 Å². The number of hydrogen-bond acceptors (Lipinski definition) is 2. The van der Waals surface area contributed by atoms with Crippen LogP contribution in [0.3, 0.4) is 0 Å². The minimum absolute atomic E-state index is 0. The van der Waals surface area contributed by atoms with Crippen LogP contribution in [0.1, 0.15) is 36.4 Å². The molecule has 0 bridgehead atoms. The van der Waals surface area contributed by atoms with Crippen LogP contribution in [0.2, 0.25) is 5.02 Å². The third-order valence-electron chi connectivity index (χ3n) is 4.33. The van der Waals surface area contributed by atoms with E-state index >= 15 is 0 Å². The van der Waals surface area contributed by atoms with E-state index in [0.717, 1.165) is 54.6 Å². The lowest BCUT2D eigenvalue weighted by atomic mass is 10.1. The molecule has 2 aromatic rings. The second-order valence-corrected chi connectivity index (χ2v) is 6.30. The van der Waals surface area contributed by atoms with Crippen LogP contribution in [0, 0.1) is 0 Å². The molecule has 0 atom stereocenters. The zero-order chi connectivity index (χ0) is 18.2. The summed E-state index contributed by atoms with van der Waals surface area (Å²) < 4.78 is 1.99. The summed E-state index contributed by atoms with van der Waals surface area (Å²) in [5.41, 5.74) is 4.84. The Kier molecular flexibility index (Phi) is 10.0. The number of aliphatic imine (C=N–C) groups is 1. The van der Waals surface area contributed by atoms with Crippen molar-refractivity contribution in [3.05, 3.63) is 51.8 Å². The molecular formula is C19H29ClIN5. The zero-order valence-corrected chi connectivity index (χ0v) is 19.1. The molecule has 0 spiro atoms. The van der Waals surface area contributed by atoms with Crippen LogP contribution in [0.25, 0.3) is 0 Å². The number of aryl methyl sites for hydroxylation is 2. The Morgan fingerprint density at radius 2 is 1.92 bits per heavy atom. The van der Waals surface area contributed by atoms with E-state index in [4.69, 9.17) is 11.6 Å². The third-order valence-corrected chi connectivity index (χ3v) is 4.70. The molecule has 5 nitrogen and oxygen atoms in total. The first-order valence-corrected chi connectivity index (χ1v) is 9.20. The maximum absolute atomic E-state index is 6.20. The van der Waals surface area contributed by atoms with Crippen LogP contribution in [0.5, 0.6) is 0 Å². The molecule has 7 heteroatoms. The molecule has 0 unspecified atom stereocenters. The van der Waals surface area contributed by atoms with E-state index in [1.807, 2.05) is 29.9 Å². The third kappa shape index (κ3) is 5.87. The first-order chi connectivity index (χ1) is 12.1. The summed E-state index contributed by atoms with van der Waals surface area (Å²) in [6.45, 7) is 5.81. The molecule has 0 amide bonds. The Labute approximate surface area is 178 Å². The highest BCUT2D eigenvalue weighted by Crippen LogP contribution is 2.16. The molecule has 0 saturated heterocycles. The molecule has 1 aromatic carbocycles. The van der Waals surface area contributed by atoms with Crippen LogP contribution in [-0.2, 0) is 32.9 Å². The summed E-state index contributed by atoms with van der Waals surface area (Å²) in [6, 6.07) is 7.93. The van der Waals surface area contributed by atoms with Gasteiger partial charge in [0, 0.05) is 43.5 Å². The first kappa shape index (κ1) is 22.8. The molecule has 2 N–H and O–H groups in total. The minimum Gasteiger partial charge on any atom is -0.356 e. The zero-order valence-electron chi connectivity index (χ0n) is 16.0. The summed E-state index contributed by atoms with van der Waals surface area (Å²) in [7, 11) is 3.80. The summed E-state index contributed by atoms with van der Waals surface area (Å²) in [5.74, 6) is 0.792. The van der Waals surface area contributed by atoms with Crippen molar-refractivity contribution in [1.29, 1.82) is 0 Å². The number of nitrogens with zero attached hydrogens (tertiary/aromatic N) is 3. The normalized spacial score (nSPS) is 11.2. The Hall–Kier alpha value is -1.28. The molecule has 0 aliphatic rings. The van der Waals surface area contributed by atoms with Gasteiger partial charge in [0.2, 0.25) is 0 Å². The van der Waals surface area contributed by atoms with Gasteiger partial charge in [-0.05, 0) is 30.9 Å². The Morgan fingerprint density at radius 3 is 2.54 bits per heavy atom. The smallest absolute Gasteiger partial charge is 0.191 e.